The lowest BCUT2D eigenvalue weighted by atomic mass is 10.2. The summed E-state index contributed by atoms with van der Waals surface area (Å²) in [5.74, 6) is 0.537. The molecule has 0 saturated heterocycles. The molecule has 0 radical (unpaired) electrons. The second-order valence-corrected chi connectivity index (χ2v) is 5.68. The van der Waals surface area contributed by atoms with E-state index in [-0.39, 0.29) is 6.03 Å². The molecule has 5 nitrogen and oxygen atoms in total. The lowest BCUT2D eigenvalue weighted by Gasteiger charge is -2.23. The van der Waals surface area contributed by atoms with Gasteiger partial charge in [0.2, 0.25) is 0 Å². The molecular weight excluding hydrogens is 324 g/mol. The standard InChI is InChI=1S/C21H16N4O/c26-21(24-16-9-3-1-4-10-16)25(17-11-5-2-6-12-17)20-18-13-7-8-14-19(18)22-15-23-20/h1-15H,(H,24,26). The number of nitrogens with one attached hydrogen (secondary N) is 1. The Kier molecular flexibility index (Phi) is 4.26. The van der Waals surface area contributed by atoms with Crippen molar-refractivity contribution < 1.29 is 4.79 Å². The number of fused-ring (bicyclic) bond motifs is 1. The number of anilines is 3. The number of hydrogen-bond acceptors (Lipinski definition) is 3. The summed E-state index contributed by atoms with van der Waals surface area (Å²) in [4.78, 5) is 23.4. The maximum absolute atomic E-state index is 13.1. The lowest BCUT2D eigenvalue weighted by Crippen LogP contribution is -2.31. The number of urea groups is 1. The first-order valence-electron chi connectivity index (χ1n) is 8.24. The molecule has 0 saturated carbocycles. The minimum absolute atomic E-state index is 0.286. The Morgan fingerprint density at radius 2 is 1.42 bits per heavy atom. The van der Waals surface area contributed by atoms with Gasteiger partial charge in [-0.3, -0.25) is 0 Å². The Bertz CT molecular complexity index is 1030. The van der Waals surface area contributed by atoms with Gasteiger partial charge in [0.05, 0.1) is 11.2 Å². The Balaban J connectivity index is 1.82. The van der Waals surface area contributed by atoms with E-state index in [0.717, 1.165) is 22.3 Å². The van der Waals surface area contributed by atoms with Crippen LogP contribution in [-0.2, 0) is 0 Å². The Labute approximate surface area is 151 Å². The summed E-state index contributed by atoms with van der Waals surface area (Å²) in [5.41, 5.74) is 2.23. The minimum Gasteiger partial charge on any atom is -0.307 e. The van der Waals surface area contributed by atoms with Crippen molar-refractivity contribution in [2.24, 2.45) is 0 Å². The molecule has 26 heavy (non-hydrogen) atoms. The fourth-order valence-corrected chi connectivity index (χ4v) is 2.78. The van der Waals surface area contributed by atoms with Gasteiger partial charge in [-0.2, -0.15) is 0 Å². The van der Waals surface area contributed by atoms with Crippen LogP contribution in [0.25, 0.3) is 10.9 Å². The summed E-state index contributed by atoms with van der Waals surface area (Å²) < 4.78 is 0. The highest BCUT2D eigenvalue weighted by Gasteiger charge is 2.21. The van der Waals surface area contributed by atoms with Crippen LogP contribution >= 0.6 is 0 Å². The van der Waals surface area contributed by atoms with E-state index in [1.807, 2.05) is 84.9 Å². The van der Waals surface area contributed by atoms with Gasteiger partial charge in [-0.05, 0) is 36.4 Å². The zero-order valence-electron chi connectivity index (χ0n) is 13.9. The quantitative estimate of drug-likeness (QED) is 0.571. The monoisotopic (exact) mass is 340 g/mol. The predicted molar refractivity (Wildman–Crippen MR) is 104 cm³/mol. The summed E-state index contributed by atoms with van der Waals surface area (Å²) in [6, 6.07) is 26.2. The molecule has 0 aliphatic rings. The van der Waals surface area contributed by atoms with Crippen LogP contribution in [0.5, 0.6) is 0 Å². The van der Waals surface area contributed by atoms with Crippen LogP contribution in [0.1, 0.15) is 0 Å². The largest absolute Gasteiger partial charge is 0.332 e. The van der Waals surface area contributed by atoms with Crippen LogP contribution < -0.4 is 10.2 Å². The molecule has 3 aromatic carbocycles. The van der Waals surface area contributed by atoms with Crippen LogP contribution in [0, 0.1) is 0 Å². The highest BCUT2D eigenvalue weighted by atomic mass is 16.2. The number of aromatic nitrogens is 2. The van der Waals surface area contributed by atoms with Gasteiger partial charge < -0.3 is 5.32 Å². The molecule has 0 spiro atoms. The van der Waals surface area contributed by atoms with Crippen molar-refractivity contribution in [2.75, 3.05) is 10.2 Å². The van der Waals surface area contributed by atoms with Crippen molar-refractivity contribution in [2.45, 2.75) is 0 Å². The maximum atomic E-state index is 13.1. The maximum Gasteiger partial charge on any atom is 0.332 e. The molecule has 0 atom stereocenters. The Morgan fingerprint density at radius 3 is 2.19 bits per heavy atom. The number of para-hydroxylation sites is 3. The van der Waals surface area contributed by atoms with Crippen LogP contribution in [-0.4, -0.2) is 16.0 Å². The van der Waals surface area contributed by atoms with Crippen LogP contribution in [0.2, 0.25) is 0 Å². The normalized spacial score (nSPS) is 10.5. The summed E-state index contributed by atoms with van der Waals surface area (Å²) in [5, 5.41) is 3.74. The fourth-order valence-electron chi connectivity index (χ4n) is 2.78. The minimum atomic E-state index is -0.286. The van der Waals surface area contributed by atoms with Gasteiger partial charge in [-0.15, -0.1) is 0 Å². The van der Waals surface area contributed by atoms with Crippen molar-refractivity contribution in [3.63, 3.8) is 0 Å². The molecule has 1 heterocycles. The van der Waals surface area contributed by atoms with Gasteiger partial charge in [0, 0.05) is 11.1 Å². The van der Waals surface area contributed by atoms with E-state index in [4.69, 9.17) is 0 Å². The van der Waals surface area contributed by atoms with Gasteiger partial charge in [-0.25, -0.2) is 19.7 Å². The highest BCUT2D eigenvalue weighted by molar-refractivity contribution is 6.10. The van der Waals surface area contributed by atoms with E-state index in [2.05, 4.69) is 15.3 Å². The number of carbonyl (C=O) groups excluding carboxylic acids is 1. The lowest BCUT2D eigenvalue weighted by molar-refractivity contribution is 0.259. The summed E-state index contributed by atoms with van der Waals surface area (Å²) in [7, 11) is 0. The third-order valence-electron chi connectivity index (χ3n) is 3.98. The molecule has 126 valence electrons. The van der Waals surface area contributed by atoms with Gasteiger partial charge in [-0.1, -0.05) is 48.5 Å². The third-order valence-corrected chi connectivity index (χ3v) is 3.98. The van der Waals surface area contributed by atoms with Crippen molar-refractivity contribution in [3.8, 4) is 0 Å². The van der Waals surface area contributed by atoms with Crippen LogP contribution in [0.4, 0.5) is 22.0 Å². The summed E-state index contributed by atoms with van der Waals surface area (Å²) in [6.45, 7) is 0. The number of nitrogens with zero attached hydrogens (tertiary/aromatic N) is 3. The average molecular weight is 340 g/mol. The van der Waals surface area contributed by atoms with Crippen LogP contribution in [0.15, 0.2) is 91.3 Å². The SMILES string of the molecule is O=C(Nc1ccccc1)N(c1ccccc1)c1ncnc2ccccc12. The molecular formula is C21H16N4O. The summed E-state index contributed by atoms with van der Waals surface area (Å²) >= 11 is 0. The third kappa shape index (κ3) is 3.10. The van der Waals surface area contributed by atoms with Crippen molar-refractivity contribution >= 4 is 34.1 Å². The van der Waals surface area contributed by atoms with E-state index < -0.39 is 0 Å². The molecule has 0 fully saturated rings. The molecule has 4 aromatic rings. The highest BCUT2D eigenvalue weighted by Crippen LogP contribution is 2.30. The number of benzene rings is 3. The average Bonchev–Trinajstić information content (AvgIpc) is 2.70. The second kappa shape index (κ2) is 7.03. The van der Waals surface area contributed by atoms with Crippen molar-refractivity contribution in [3.05, 3.63) is 91.3 Å². The second-order valence-electron chi connectivity index (χ2n) is 5.68. The van der Waals surface area contributed by atoms with Gasteiger partial charge in [0.25, 0.3) is 0 Å². The molecule has 1 aromatic heterocycles. The van der Waals surface area contributed by atoms with Gasteiger partial charge >= 0.3 is 6.03 Å². The van der Waals surface area contributed by atoms with Crippen molar-refractivity contribution in [1.29, 1.82) is 0 Å². The molecule has 0 unspecified atom stereocenters. The first kappa shape index (κ1) is 15.8. The first-order valence-corrected chi connectivity index (χ1v) is 8.24. The van der Waals surface area contributed by atoms with Gasteiger partial charge in [0.1, 0.15) is 6.33 Å². The van der Waals surface area contributed by atoms with Gasteiger partial charge in [0.15, 0.2) is 5.82 Å². The fraction of sp³-hybridized carbons (Fsp3) is 0. The number of amides is 2. The molecule has 0 aliphatic heterocycles. The number of rotatable bonds is 3. The summed E-state index contributed by atoms with van der Waals surface area (Å²) in [6.07, 6.45) is 1.48. The molecule has 0 aliphatic carbocycles. The van der Waals surface area contributed by atoms with Crippen molar-refractivity contribution in [1.82, 2.24) is 9.97 Å². The smallest absolute Gasteiger partial charge is 0.307 e. The van der Waals surface area contributed by atoms with E-state index in [1.54, 1.807) is 4.90 Å². The molecule has 1 N–H and O–H groups in total. The zero-order chi connectivity index (χ0) is 17.8. The molecule has 0 bridgehead atoms. The van der Waals surface area contributed by atoms with Crippen LogP contribution in [0.3, 0.4) is 0 Å². The van der Waals surface area contributed by atoms with E-state index >= 15 is 0 Å². The molecule has 5 heteroatoms. The first-order chi connectivity index (χ1) is 12.8. The number of carbonyl (C=O) groups is 1. The predicted octanol–water partition coefficient (Wildman–Crippen LogP) is 5.00. The Morgan fingerprint density at radius 1 is 0.769 bits per heavy atom. The molecule has 4 rings (SSSR count). The van der Waals surface area contributed by atoms with E-state index in [1.165, 1.54) is 6.33 Å². The van der Waals surface area contributed by atoms with E-state index in [9.17, 15) is 4.79 Å². The Hall–Kier alpha value is -3.73. The molecule has 2 amide bonds. The number of hydrogen-bond donors (Lipinski definition) is 1. The zero-order valence-corrected chi connectivity index (χ0v) is 13.9. The topological polar surface area (TPSA) is 58.1 Å². The van der Waals surface area contributed by atoms with E-state index in [0.29, 0.717) is 5.82 Å².